The highest BCUT2D eigenvalue weighted by Crippen LogP contribution is 2.34. The van der Waals surface area contributed by atoms with Crippen molar-refractivity contribution in [3.05, 3.63) is 70.2 Å². The summed E-state index contributed by atoms with van der Waals surface area (Å²) in [6, 6.07) is 14.2. The van der Waals surface area contributed by atoms with Gasteiger partial charge in [-0.1, -0.05) is 23.7 Å². The molecule has 1 aliphatic rings. The molecule has 1 aromatic heterocycles. The Kier molecular flexibility index (Phi) is 6.47. The second-order valence-electron chi connectivity index (χ2n) is 7.73. The maximum atomic E-state index is 12.5. The van der Waals surface area contributed by atoms with Gasteiger partial charge in [0.15, 0.2) is 5.17 Å². The van der Waals surface area contributed by atoms with Gasteiger partial charge in [0.25, 0.3) is 5.91 Å². The third kappa shape index (κ3) is 5.21. The molecule has 0 atom stereocenters. The lowest BCUT2D eigenvalue weighted by molar-refractivity contribution is -0.113. The maximum absolute atomic E-state index is 12.5. The molecule has 1 N–H and O–H groups in total. The minimum Gasteiger partial charge on any atom is -0.333 e. The standard InChI is InChI=1S/C23H21ClN4O3S2/c1-14(2)28(33(3,30)31)17-7-8-18(24)20(13-17)26-23-27-22(29)21(32-23)12-15-6-9-19-16(11-15)5-4-10-25-19/h4-14H,1-3H3,(H,26,27,29)/b21-12-. The zero-order valence-corrected chi connectivity index (χ0v) is 20.5. The van der Waals surface area contributed by atoms with Crippen molar-refractivity contribution in [2.75, 3.05) is 15.9 Å². The van der Waals surface area contributed by atoms with E-state index in [0.29, 0.717) is 26.5 Å². The lowest BCUT2D eigenvalue weighted by Crippen LogP contribution is -2.36. The van der Waals surface area contributed by atoms with Crippen LogP contribution in [0.4, 0.5) is 11.4 Å². The van der Waals surface area contributed by atoms with E-state index in [0.717, 1.165) is 22.7 Å². The van der Waals surface area contributed by atoms with Gasteiger partial charge in [-0.2, -0.15) is 4.99 Å². The van der Waals surface area contributed by atoms with Crippen molar-refractivity contribution in [2.45, 2.75) is 19.9 Å². The van der Waals surface area contributed by atoms with Crippen molar-refractivity contribution in [3.63, 3.8) is 0 Å². The fourth-order valence-electron chi connectivity index (χ4n) is 3.53. The predicted octanol–water partition coefficient (Wildman–Crippen LogP) is 5.15. The largest absolute Gasteiger partial charge is 0.333 e. The van der Waals surface area contributed by atoms with Gasteiger partial charge in [-0.3, -0.25) is 14.1 Å². The number of fused-ring (bicyclic) bond motifs is 1. The van der Waals surface area contributed by atoms with Crippen molar-refractivity contribution in [2.24, 2.45) is 4.99 Å². The van der Waals surface area contributed by atoms with Gasteiger partial charge < -0.3 is 5.32 Å². The number of amidine groups is 1. The maximum Gasteiger partial charge on any atom is 0.286 e. The highest BCUT2D eigenvalue weighted by molar-refractivity contribution is 8.18. The lowest BCUT2D eigenvalue weighted by Gasteiger charge is -2.27. The van der Waals surface area contributed by atoms with E-state index in [9.17, 15) is 13.2 Å². The molecule has 0 radical (unpaired) electrons. The van der Waals surface area contributed by atoms with Gasteiger partial charge in [-0.15, -0.1) is 0 Å². The number of anilines is 2. The van der Waals surface area contributed by atoms with Crippen LogP contribution in [0.25, 0.3) is 17.0 Å². The zero-order valence-electron chi connectivity index (χ0n) is 18.1. The fourth-order valence-corrected chi connectivity index (χ4v) is 5.78. The Hall–Kier alpha value is -2.88. The second kappa shape index (κ2) is 9.17. The number of carbonyl (C=O) groups is 1. The molecule has 10 heteroatoms. The van der Waals surface area contributed by atoms with Gasteiger partial charge in [0.05, 0.1) is 33.1 Å². The van der Waals surface area contributed by atoms with Crippen molar-refractivity contribution >= 4 is 72.8 Å². The number of nitrogens with one attached hydrogen (secondary N) is 1. The van der Waals surface area contributed by atoms with Crippen LogP contribution in [0.15, 0.2) is 64.6 Å². The minimum atomic E-state index is -3.48. The molecule has 1 amide bonds. The van der Waals surface area contributed by atoms with Crippen LogP contribution in [0.5, 0.6) is 0 Å². The van der Waals surface area contributed by atoms with E-state index < -0.39 is 10.0 Å². The Bertz CT molecular complexity index is 1420. The number of carbonyl (C=O) groups excluding carboxylic acids is 1. The van der Waals surface area contributed by atoms with E-state index in [2.05, 4.69) is 15.3 Å². The summed E-state index contributed by atoms with van der Waals surface area (Å²) in [5.74, 6) is -0.360. The smallest absolute Gasteiger partial charge is 0.286 e. The molecule has 7 nitrogen and oxygen atoms in total. The predicted molar refractivity (Wildman–Crippen MR) is 137 cm³/mol. The second-order valence-corrected chi connectivity index (χ2v) is 11.0. The topological polar surface area (TPSA) is 91.7 Å². The number of rotatable bonds is 5. The van der Waals surface area contributed by atoms with Crippen molar-refractivity contribution in [3.8, 4) is 0 Å². The third-order valence-electron chi connectivity index (χ3n) is 4.82. The van der Waals surface area contributed by atoms with E-state index in [1.54, 1.807) is 44.3 Å². The molecule has 2 aromatic carbocycles. The zero-order chi connectivity index (χ0) is 23.8. The number of amides is 1. The summed E-state index contributed by atoms with van der Waals surface area (Å²) in [6.07, 6.45) is 4.67. The molecule has 0 saturated carbocycles. The summed E-state index contributed by atoms with van der Waals surface area (Å²) in [4.78, 5) is 21.3. The molecule has 3 aromatic rings. The molecule has 0 bridgehead atoms. The molecule has 1 aliphatic heterocycles. The molecule has 2 heterocycles. The van der Waals surface area contributed by atoms with Crippen LogP contribution in [0.3, 0.4) is 0 Å². The number of benzene rings is 2. The van der Waals surface area contributed by atoms with Crippen molar-refractivity contribution in [1.82, 2.24) is 4.98 Å². The number of sulfonamides is 1. The fraction of sp³-hybridized carbons (Fsp3) is 0.174. The van der Waals surface area contributed by atoms with E-state index in [4.69, 9.17) is 11.6 Å². The number of aromatic nitrogens is 1. The first-order valence-electron chi connectivity index (χ1n) is 10.0. The van der Waals surface area contributed by atoms with Crippen LogP contribution in [0.2, 0.25) is 5.02 Å². The number of thioether (sulfide) groups is 1. The number of aliphatic imine (C=N–C) groups is 1. The first kappa shape index (κ1) is 23.3. The first-order chi connectivity index (χ1) is 15.6. The molecule has 0 spiro atoms. The normalized spacial score (nSPS) is 15.4. The molecule has 0 saturated heterocycles. The third-order valence-corrected chi connectivity index (χ3v) is 7.39. The Morgan fingerprint density at radius 1 is 1.15 bits per heavy atom. The van der Waals surface area contributed by atoms with E-state index in [1.165, 1.54) is 16.1 Å². The van der Waals surface area contributed by atoms with Gasteiger partial charge in [-0.05, 0) is 73.6 Å². The van der Waals surface area contributed by atoms with Crippen LogP contribution < -0.4 is 9.62 Å². The molecule has 170 valence electrons. The number of hydrogen-bond donors (Lipinski definition) is 1. The Labute approximate surface area is 201 Å². The molecule has 0 unspecified atom stereocenters. The number of hydrogen-bond acceptors (Lipinski definition) is 6. The highest BCUT2D eigenvalue weighted by Gasteiger charge is 2.24. The average molecular weight is 501 g/mol. The van der Waals surface area contributed by atoms with Gasteiger partial charge in [0, 0.05) is 17.6 Å². The van der Waals surface area contributed by atoms with Crippen molar-refractivity contribution in [1.29, 1.82) is 0 Å². The van der Waals surface area contributed by atoms with E-state index in [1.807, 2.05) is 30.3 Å². The summed E-state index contributed by atoms with van der Waals surface area (Å²) in [6.45, 7) is 3.58. The lowest BCUT2D eigenvalue weighted by atomic mass is 10.1. The molecule has 0 aliphatic carbocycles. The van der Waals surface area contributed by atoms with Crippen LogP contribution in [0.1, 0.15) is 19.4 Å². The average Bonchev–Trinajstić information content (AvgIpc) is 3.07. The number of nitrogens with zero attached hydrogens (tertiary/aromatic N) is 3. The van der Waals surface area contributed by atoms with Crippen LogP contribution in [0, 0.1) is 0 Å². The SMILES string of the molecule is CC(C)N(c1ccc(Cl)c(NC2=NC(=O)/C(=C/c3ccc4ncccc4c3)S2)c1)S(C)(=O)=O. The van der Waals surface area contributed by atoms with Crippen LogP contribution >= 0.6 is 23.4 Å². The highest BCUT2D eigenvalue weighted by atomic mass is 35.5. The number of pyridine rings is 1. The van der Waals surface area contributed by atoms with E-state index in [-0.39, 0.29) is 11.9 Å². The summed E-state index contributed by atoms with van der Waals surface area (Å²) in [7, 11) is -3.48. The van der Waals surface area contributed by atoms with Gasteiger partial charge in [-0.25, -0.2) is 8.42 Å². The van der Waals surface area contributed by atoms with Crippen molar-refractivity contribution < 1.29 is 13.2 Å². The molecular weight excluding hydrogens is 480 g/mol. The summed E-state index contributed by atoms with van der Waals surface area (Å²) < 4.78 is 25.8. The molecule has 4 rings (SSSR count). The Morgan fingerprint density at radius 2 is 1.94 bits per heavy atom. The molecule has 33 heavy (non-hydrogen) atoms. The molecular formula is C23H21ClN4O3S2. The Balaban J connectivity index is 1.57. The number of halogens is 1. The monoisotopic (exact) mass is 500 g/mol. The van der Waals surface area contributed by atoms with Gasteiger partial charge in [0.1, 0.15) is 0 Å². The summed E-state index contributed by atoms with van der Waals surface area (Å²) in [5, 5.41) is 4.78. The summed E-state index contributed by atoms with van der Waals surface area (Å²) >= 11 is 7.52. The Morgan fingerprint density at radius 3 is 2.67 bits per heavy atom. The van der Waals surface area contributed by atoms with E-state index >= 15 is 0 Å². The summed E-state index contributed by atoms with van der Waals surface area (Å²) in [5.41, 5.74) is 2.67. The van der Waals surface area contributed by atoms with Crippen LogP contribution in [-0.2, 0) is 14.8 Å². The van der Waals surface area contributed by atoms with Gasteiger partial charge in [0.2, 0.25) is 10.0 Å². The van der Waals surface area contributed by atoms with Crippen LogP contribution in [-0.4, -0.2) is 36.8 Å². The minimum absolute atomic E-state index is 0.277. The molecule has 0 fully saturated rings. The first-order valence-corrected chi connectivity index (χ1v) is 13.1. The quantitative estimate of drug-likeness (QED) is 0.487. The van der Waals surface area contributed by atoms with Gasteiger partial charge >= 0.3 is 0 Å².